The average Bonchev–Trinajstić information content (AvgIpc) is 3.00. The third-order valence-electron chi connectivity index (χ3n) is 3.84. The first-order valence-corrected chi connectivity index (χ1v) is 7.78. The van der Waals surface area contributed by atoms with E-state index in [0.29, 0.717) is 19.8 Å². The van der Waals surface area contributed by atoms with E-state index in [1.165, 1.54) is 0 Å². The van der Waals surface area contributed by atoms with E-state index < -0.39 is 0 Å². The molecule has 2 aromatic heterocycles. The molecule has 23 heavy (non-hydrogen) atoms. The molecule has 6 nitrogen and oxygen atoms in total. The highest BCUT2D eigenvalue weighted by Gasteiger charge is 2.11. The minimum Gasteiger partial charge on any atom is -0.490 e. The van der Waals surface area contributed by atoms with Crippen molar-refractivity contribution in [2.75, 3.05) is 31.7 Å². The number of benzene rings is 1. The number of ether oxygens (including phenoxy) is 2. The van der Waals surface area contributed by atoms with Gasteiger partial charge in [-0.2, -0.15) is 5.10 Å². The standard InChI is InChI=1S/C17H18N4O2/c1-4-19-13-2-3-16-15(9-13)17(21-20-16)12-8-14(11-18-10-12)23-7-6-22-5-1/h2-3,8-11,19H,1,4-7H2,(H,20,21). The molecule has 0 radical (unpaired) electrons. The van der Waals surface area contributed by atoms with Crippen LogP contribution in [0.15, 0.2) is 36.7 Å². The summed E-state index contributed by atoms with van der Waals surface area (Å²) in [6.07, 6.45) is 4.46. The third kappa shape index (κ3) is 2.98. The van der Waals surface area contributed by atoms with Gasteiger partial charge in [0.25, 0.3) is 0 Å². The lowest BCUT2D eigenvalue weighted by atomic mass is 10.1. The van der Waals surface area contributed by atoms with E-state index in [4.69, 9.17) is 9.47 Å². The van der Waals surface area contributed by atoms with Gasteiger partial charge in [-0.3, -0.25) is 10.1 Å². The maximum absolute atomic E-state index is 5.71. The van der Waals surface area contributed by atoms with Gasteiger partial charge < -0.3 is 14.8 Å². The lowest BCUT2D eigenvalue weighted by Gasteiger charge is -2.08. The van der Waals surface area contributed by atoms with Crippen LogP contribution in [-0.4, -0.2) is 41.5 Å². The molecule has 6 heteroatoms. The van der Waals surface area contributed by atoms with Crippen LogP contribution in [0, 0.1) is 0 Å². The number of anilines is 1. The largest absolute Gasteiger partial charge is 0.490 e. The van der Waals surface area contributed by atoms with Crippen molar-refractivity contribution < 1.29 is 9.47 Å². The van der Waals surface area contributed by atoms with Crippen LogP contribution in [0.5, 0.6) is 5.75 Å². The summed E-state index contributed by atoms with van der Waals surface area (Å²) in [6.45, 7) is 2.68. The van der Waals surface area contributed by atoms with Crippen LogP contribution in [0.3, 0.4) is 0 Å². The minimum atomic E-state index is 0.516. The Bertz CT molecular complexity index is 815. The second kappa shape index (κ2) is 6.26. The lowest BCUT2D eigenvalue weighted by molar-refractivity contribution is 0.0998. The molecule has 0 aliphatic carbocycles. The highest BCUT2D eigenvalue weighted by atomic mass is 16.5. The van der Waals surface area contributed by atoms with Gasteiger partial charge in [0.05, 0.1) is 18.3 Å². The maximum atomic E-state index is 5.71. The van der Waals surface area contributed by atoms with Gasteiger partial charge in [-0.1, -0.05) is 0 Å². The van der Waals surface area contributed by atoms with E-state index in [-0.39, 0.29) is 0 Å². The summed E-state index contributed by atoms with van der Waals surface area (Å²) >= 11 is 0. The number of fused-ring (bicyclic) bond motifs is 4. The second-order valence-electron chi connectivity index (χ2n) is 5.48. The molecule has 1 aromatic carbocycles. The van der Waals surface area contributed by atoms with Crippen LogP contribution in [0.4, 0.5) is 5.69 Å². The molecule has 0 saturated carbocycles. The van der Waals surface area contributed by atoms with Gasteiger partial charge in [0.2, 0.25) is 0 Å². The Hall–Kier alpha value is -2.60. The summed E-state index contributed by atoms with van der Waals surface area (Å²) in [7, 11) is 0. The summed E-state index contributed by atoms with van der Waals surface area (Å²) in [5.41, 5.74) is 3.90. The highest BCUT2D eigenvalue weighted by molar-refractivity contribution is 5.94. The zero-order valence-corrected chi connectivity index (χ0v) is 12.7. The Labute approximate surface area is 133 Å². The Morgan fingerprint density at radius 1 is 1.04 bits per heavy atom. The van der Waals surface area contributed by atoms with Crippen LogP contribution >= 0.6 is 0 Å². The molecule has 0 unspecified atom stereocenters. The molecular weight excluding hydrogens is 292 g/mol. The molecule has 4 rings (SSSR count). The Morgan fingerprint density at radius 3 is 3.04 bits per heavy atom. The molecule has 4 bridgehead atoms. The van der Waals surface area contributed by atoms with Crippen molar-refractivity contribution in [1.29, 1.82) is 0 Å². The number of hydrogen-bond donors (Lipinski definition) is 2. The first kappa shape index (κ1) is 14.0. The number of aromatic amines is 1. The van der Waals surface area contributed by atoms with Crippen molar-refractivity contribution in [3.05, 3.63) is 36.7 Å². The van der Waals surface area contributed by atoms with E-state index in [1.807, 2.05) is 12.1 Å². The van der Waals surface area contributed by atoms with Crippen molar-refractivity contribution in [1.82, 2.24) is 15.2 Å². The molecule has 118 valence electrons. The fraction of sp³-hybridized carbons (Fsp3) is 0.294. The average molecular weight is 310 g/mol. The SMILES string of the molecule is c1cc2[nH]nc3c2cc1NCCCOCCOc1cncc-3c1. The zero-order chi connectivity index (χ0) is 15.5. The second-order valence-corrected chi connectivity index (χ2v) is 5.48. The van der Waals surface area contributed by atoms with Crippen LogP contribution in [-0.2, 0) is 4.74 Å². The molecule has 1 aliphatic heterocycles. The maximum Gasteiger partial charge on any atom is 0.138 e. The van der Waals surface area contributed by atoms with Crippen LogP contribution < -0.4 is 10.1 Å². The smallest absolute Gasteiger partial charge is 0.138 e. The fourth-order valence-corrected chi connectivity index (χ4v) is 2.70. The van der Waals surface area contributed by atoms with Gasteiger partial charge in [0, 0.05) is 36.0 Å². The number of H-pyrrole nitrogens is 1. The highest BCUT2D eigenvalue weighted by Crippen LogP contribution is 2.29. The van der Waals surface area contributed by atoms with E-state index >= 15 is 0 Å². The number of nitrogens with zero attached hydrogens (tertiary/aromatic N) is 2. The number of hydrogen-bond acceptors (Lipinski definition) is 5. The van der Waals surface area contributed by atoms with Crippen LogP contribution in [0.1, 0.15) is 6.42 Å². The molecular formula is C17H18N4O2. The van der Waals surface area contributed by atoms with Crippen molar-refractivity contribution in [2.45, 2.75) is 6.42 Å². The number of nitrogens with one attached hydrogen (secondary N) is 2. The van der Waals surface area contributed by atoms with E-state index in [9.17, 15) is 0 Å². The van der Waals surface area contributed by atoms with Gasteiger partial charge in [-0.15, -0.1) is 0 Å². The normalized spacial score (nSPS) is 15.5. The van der Waals surface area contributed by atoms with Gasteiger partial charge in [-0.25, -0.2) is 0 Å². The number of aromatic nitrogens is 3. The minimum absolute atomic E-state index is 0.516. The summed E-state index contributed by atoms with van der Waals surface area (Å²) < 4.78 is 11.3. The fourth-order valence-electron chi connectivity index (χ4n) is 2.70. The molecule has 0 amide bonds. The monoisotopic (exact) mass is 310 g/mol. The quantitative estimate of drug-likeness (QED) is 0.668. The molecule has 0 atom stereocenters. The number of pyridine rings is 1. The molecule has 0 saturated heterocycles. The summed E-state index contributed by atoms with van der Waals surface area (Å²) in [4.78, 5) is 4.27. The van der Waals surface area contributed by atoms with Gasteiger partial charge >= 0.3 is 0 Å². The Balaban J connectivity index is 1.78. The van der Waals surface area contributed by atoms with Crippen molar-refractivity contribution in [3.63, 3.8) is 0 Å². The summed E-state index contributed by atoms with van der Waals surface area (Å²) in [5.74, 6) is 0.728. The number of rotatable bonds is 0. The lowest BCUT2D eigenvalue weighted by Crippen LogP contribution is -2.10. The predicted molar refractivity (Wildman–Crippen MR) is 88.7 cm³/mol. The van der Waals surface area contributed by atoms with Crippen LogP contribution in [0.2, 0.25) is 0 Å². The summed E-state index contributed by atoms with van der Waals surface area (Å²) in [6, 6.07) is 8.17. The van der Waals surface area contributed by atoms with Crippen LogP contribution in [0.25, 0.3) is 22.2 Å². The first-order chi connectivity index (χ1) is 11.4. The van der Waals surface area contributed by atoms with Crippen molar-refractivity contribution in [3.8, 4) is 17.0 Å². The Morgan fingerprint density at radius 2 is 2.04 bits per heavy atom. The summed E-state index contributed by atoms with van der Waals surface area (Å²) in [5, 5.41) is 12.0. The molecule has 3 heterocycles. The zero-order valence-electron chi connectivity index (χ0n) is 12.7. The van der Waals surface area contributed by atoms with Gasteiger partial charge in [-0.05, 0) is 30.7 Å². The van der Waals surface area contributed by atoms with Crippen molar-refractivity contribution in [2.24, 2.45) is 0 Å². The molecule has 0 spiro atoms. The molecule has 3 aromatic rings. The Kier molecular flexibility index (Phi) is 3.81. The van der Waals surface area contributed by atoms with Crippen molar-refractivity contribution >= 4 is 16.6 Å². The van der Waals surface area contributed by atoms with E-state index in [0.717, 1.165) is 46.6 Å². The van der Waals surface area contributed by atoms with Gasteiger partial charge in [0.1, 0.15) is 18.1 Å². The topological polar surface area (TPSA) is 72.1 Å². The first-order valence-electron chi connectivity index (χ1n) is 7.78. The van der Waals surface area contributed by atoms with E-state index in [1.54, 1.807) is 12.4 Å². The predicted octanol–water partition coefficient (Wildman–Crippen LogP) is 2.84. The molecule has 1 aliphatic rings. The van der Waals surface area contributed by atoms with E-state index in [2.05, 4.69) is 32.6 Å². The molecule has 2 N–H and O–H groups in total. The third-order valence-corrected chi connectivity index (χ3v) is 3.84. The van der Waals surface area contributed by atoms with Gasteiger partial charge in [0.15, 0.2) is 0 Å². The molecule has 0 fully saturated rings.